The van der Waals surface area contributed by atoms with Gasteiger partial charge in [-0.25, -0.2) is 4.98 Å². The minimum Gasteiger partial charge on any atom is -0.487 e. The van der Waals surface area contributed by atoms with Crippen molar-refractivity contribution in [3.8, 4) is 5.75 Å². The zero-order valence-electron chi connectivity index (χ0n) is 17.9. The van der Waals surface area contributed by atoms with Gasteiger partial charge in [0.1, 0.15) is 18.4 Å². The van der Waals surface area contributed by atoms with Crippen molar-refractivity contribution in [2.75, 3.05) is 0 Å². The summed E-state index contributed by atoms with van der Waals surface area (Å²) in [6.45, 7) is 6.42. The van der Waals surface area contributed by atoms with Gasteiger partial charge in [-0.2, -0.15) is 4.98 Å². The lowest BCUT2D eigenvalue weighted by Gasteiger charge is -2.17. The van der Waals surface area contributed by atoms with Gasteiger partial charge in [-0.3, -0.25) is 4.79 Å². The quantitative estimate of drug-likeness (QED) is 0.482. The summed E-state index contributed by atoms with van der Waals surface area (Å²) in [6, 6.07) is 7.27. The van der Waals surface area contributed by atoms with Crippen LogP contribution >= 0.6 is 11.3 Å². The molecule has 1 saturated carbocycles. The van der Waals surface area contributed by atoms with E-state index in [2.05, 4.69) is 20.4 Å². The molecule has 4 rings (SSSR count). The highest BCUT2D eigenvalue weighted by Crippen LogP contribution is 2.38. The summed E-state index contributed by atoms with van der Waals surface area (Å²) in [4.78, 5) is 21.4. The van der Waals surface area contributed by atoms with Crippen molar-refractivity contribution in [2.24, 2.45) is 5.92 Å². The average Bonchev–Trinajstić information content (AvgIpc) is 3.34. The van der Waals surface area contributed by atoms with Crippen LogP contribution < -0.4 is 10.1 Å². The first-order valence-electron chi connectivity index (χ1n) is 10.4. The number of aryl methyl sites for hydroxylation is 1. The number of hydrogen-bond donors (Lipinski definition) is 1. The molecule has 0 saturated heterocycles. The average molecular weight is 439 g/mol. The third kappa shape index (κ3) is 5.79. The number of nitrogens with one attached hydrogen (secondary N) is 1. The molecule has 0 radical (unpaired) electrons. The molecule has 7 nitrogen and oxygen atoms in total. The number of carbonyl (C=O) groups excluding carboxylic acids is 1. The van der Waals surface area contributed by atoms with Crippen LogP contribution in [0.5, 0.6) is 5.75 Å². The monoisotopic (exact) mass is 438 g/mol. The highest BCUT2D eigenvalue weighted by Gasteiger charge is 2.31. The molecule has 162 valence electrons. The van der Waals surface area contributed by atoms with Crippen LogP contribution in [-0.4, -0.2) is 21.0 Å². The van der Waals surface area contributed by atoms with Crippen molar-refractivity contribution in [1.29, 1.82) is 0 Å². The Morgan fingerprint density at radius 2 is 2.19 bits per heavy atom. The summed E-state index contributed by atoms with van der Waals surface area (Å²) in [6.07, 6.45) is 5.48. The van der Waals surface area contributed by atoms with Crippen molar-refractivity contribution in [2.45, 2.75) is 52.2 Å². The number of amides is 1. The highest BCUT2D eigenvalue weighted by atomic mass is 32.1. The lowest BCUT2D eigenvalue weighted by atomic mass is 10.0. The molecule has 0 spiro atoms. The van der Waals surface area contributed by atoms with E-state index in [-0.39, 0.29) is 17.9 Å². The first-order chi connectivity index (χ1) is 15.0. The second kappa shape index (κ2) is 9.43. The number of thiazole rings is 1. The number of aromatic nitrogens is 3. The van der Waals surface area contributed by atoms with Crippen LogP contribution in [-0.2, 0) is 11.4 Å². The van der Waals surface area contributed by atoms with Gasteiger partial charge in [0, 0.05) is 17.4 Å². The molecule has 1 amide bonds. The lowest BCUT2D eigenvalue weighted by molar-refractivity contribution is -0.117. The first kappa shape index (κ1) is 21.2. The maximum atomic E-state index is 12.5. The zero-order valence-corrected chi connectivity index (χ0v) is 18.7. The fraction of sp³-hybridized carbons (Fsp3) is 0.391. The van der Waals surface area contributed by atoms with E-state index in [9.17, 15) is 4.79 Å². The normalized spacial score (nSPS) is 14.8. The second-order valence-corrected chi connectivity index (χ2v) is 9.11. The van der Waals surface area contributed by atoms with E-state index in [4.69, 9.17) is 9.26 Å². The Kier molecular flexibility index (Phi) is 6.46. The van der Waals surface area contributed by atoms with Crippen molar-refractivity contribution in [3.05, 3.63) is 63.7 Å². The minimum absolute atomic E-state index is 0.121. The van der Waals surface area contributed by atoms with E-state index >= 15 is 0 Å². The Hall–Kier alpha value is -3.00. The molecule has 0 bridgehead atoms. The third-order valence-corrected chi connectivity index (χ3v) is 5.79. The third-order valence-electron chi connectivity index (χ3n) is 4.97. The molecular formula is C23H26N4O3S. The van der Waals surface area contributed by atoms with Crippen LogP contribution in [0.15, 0.2) is 40.2 Å². The summed E-state index contributed by atoms with van der Waals surface area (Å²) in [7, 11) is 0. The topological polar surface area (TPSA) is 90.1 Å². The molecular weight excluding hydrogens is 412 g/mol. The molecule has 1 N–H and O–H groups in total. The van der Waals surface area contributed by atoms with E-state index in [1.54, 1.807) is 17.4 Å². The molecule has 1 fully saturated rings. The molecule has 1 unspecified atom stereocenters. The standard InChI is InChI=1S/C23H26N4O3S/c1-14(2)21(23-26-22(27-30-23)17-8-9-17)25-20(28)10-7-16-5-4-6-19(11-16)29-12-18-13-31-15(3)24-18/h4-7,10-11,13-14,17,21H,8-9,12H2,1-3H3,(H,25,28)/b10-7+. The summed E-state index contributed by atoms with van der Waals surface area (Å²) >= 11 is 1.60. The van der Waals surface area contributed by atoms with Gasteiger partial charge in [-0.15, -0.1) is 11.3 Å². The first-order valence-corrected chi connectivity index (χ1v) is 11.3. The summed E-state index contributed by atoms with van der Waals surface area (Å²) in [5.74, 6) is 2.26. The van der Waals surface area contributed by atoms with Gasteiger partial charge in [-0.1, -0.05) is 31.1 Å². The molecule has 1 aliphatic carbocycles. The molecule has 2 heterocycles. The number of hydrogen-bond acceptors (Lipinski definition) is 7. The minimum atomic E-state index is -0.326. The largest absolute Gasteiger partial charge is 0.487 e. The Labute approximate surface area is 185 Å². The lowest BCUT2D eigenvalue weighted by Crippen LogP contribution is -2.30. The van der Waals surface area contributed by atoms with E-state index in [0.29, 0.717) is 18.4 Å². The van der Waals surface area contributed by atoms with Crippen molar-refractivity contribution in [1.82, 2.24) is 20.4 Å². The van der Waals surface area contributed by atoms with Gasteiger partial charge in [-0.05, 0) is 49.5 Å². The number of nitrogens with zero attached hydrogens (tertiary/aromatic N) is 3. The predicted molar refractivity (Wildman–Crippen MR) is 119 cm³/mol. The molecule has 31 heavy (non-hydrogen) atoms. The van der Waals surface area contributed by atoms with Crippen molar-refractivity contribution in [3.63, 3.8) is 0 Å². The molecule has 0 aliphatic heterocycles. The molecule has 1 aromatic carbocycles. The maximum Gasteiger partial charge on any atom is 0.249 e. The SMILES string of the molecule is Cc1nc(COc2cccc(/C=C/C(=O)NC(c3nc(C4CC4)no3)C(C)C)c2)cs1. The number of rotatable bonds is 9. The van der Waals surface area contributed by atoms with Crippen LogP contribution in [0.2, 0.25) is 0 Å². The van der Waals surface area contributed by atoms with Crippen LogP contribution in [0.4, 0.5) is 0 Å². The molecule has 3 aromatic rings. The van der Waals surface area contributed by atoms with E-state index in [0.717, 1.165) is 40.7 Å². The Morgan fingerprint density at radius 3 is 2.90 bits per heavy atom. The second-order valence-electron chi connectivity index (χ2n) is 8.05. The van der Waals surface area contributed by atoms with Crippen molar-refractivity contribution >= 4 is 23.3 Å². The zero-order chi connectivity index (χ0) is 21.8. The van der Waals surface area contributed by atoms with Gasteiger partial charge < -0.3 is 14.6 Å². The van der Waals surface area contributed by atoms with Gasteiger partial charge >= 0.3 is 0 Å². The summed E-state index contributed by atoms with van der Waals surface area (Å²) in [5.41, 5.74) is 1.78. The molecule has 1 aliphatic rings. The summed E-state index contributed by atoms with van der Waals surface area (Å²) < 4.78 is 11.2. The summed E-state index contributed by atoms with van der Waals surface area (Å²) in [5, 5.41) is 10.0. The van der Waals surface area contributed by atoms with Crippen LogP contribution in [0.1, 0.15) is 66.6 Å². The van der Waals surface area contributed by atoms with Crippen molar-refractivity contribution < 1.29 is 14.1 Å². The van der Waals surface area contributed by atoms with Gasteiger partial charge in [0.05, 0.1) is 10.7 Å². The van der Waals surface area contributed by atoms with E-state index < -0.39 is 0 Å². The van der Waals surface area contributed by atoms with Gasteiger partial charge in [0.15, 0.2) is 5.82 Å². The van der Waals surface area contributed by atoms with Crippen LogP contribution in [0.3, 0.4) is 0 Å². The fourth-order valence-corrected chi connectivity index (χ4v) is 3.70. The van der Waals surface area contributed by atoms with E-state index in [1.165, 1.54) is 6.08 Å². The molecule has 1 atom stereocenters. The Balaban J connectivity index is 1.36. The molecule has 2 aromatic heterocycles. The van der Waals surface area contributed by atoms with Gasteiger partial charge in [0.2, 0.25) is 11.8 Å². The number of benzene rings is 1. The highest BCUT2D eigenvalue weighted by molar-refractivity contribution is 7.09. The maximum absolute atomic E-state index is 12.5. The Bertz CT molecular complexity index is 1070. The smallest absolute Gasteiger partial charge is 0.249 e. The predicted octanol–water partition coefficient (Wildman–Crippen LogP) is 4.82. The molecule has 8 heteroatoms. The number of carbonyl (C=O) groups is 1. The Morgan fingerprint density at radius 1 is 1.35 bits per heavy atom. The number of ether oxygens (including phenoxy) is 1. The van der Waals surface area contributed by atoms with E-state index in [1.807, 2.05) is 50.4 Å². The fourth-order valence-electron chi connectivity index (χ4n) is 3.11. The van der Waals surface area contributed by atoms with Crippen LogP contribution in [0.25, 0.3) is 6.08 Å². The van der Waals surface area contributed by atoms with Gasteiger partial charge in [0.25, 0.3) is 0 Å². The van der Waals surface area contributed by atoms with Crippen LogP contribution in [0, 0.1) is 12.8 Å².